The van der Waals surface area contributed by atoms with Crippen molar-refractivity contribution in [3.63, 3.8) is 0 Å². The lowest BCUT2D eigenvalue weighted by Crippen LogP contribution is -2.26. The molecule has 7 nitrogen and oxygen atoms in total. The van der Waals surface area contributed by atoms with Crippen LogP contribution in [0.5, 0.6) is 0 Å². The van der Waals surface area contributed by atoms with E-state index in [-0.39, 0.29) is 0 Å². The molecule has 22 heavy (non-hydrogen) atoms. The molecule has 0 bridgehead atoms. The van der Waals surface area contributed by atoms with Gasteiger partial charge < -0.3 is 5.32 Å². The molecule has 2 aromatic heterocycles. The fourth-order valence-electron chi connectivity index (χ4n) is 2.97. The maximum absolute atomic E-state index is 4.35. The number of hydrogen-bond acceptors (Lipinski definition) is 6. The summed E-state index contributed by atoms with van der Waals surface area (Å²) in [5, 5.41) is 11.9. The zero-order chi connectivity index (χ0) is 14.8. The Morgan fingerprint density at radius 2 is 2.05 bits per heavy atom. The Morgan fingerprint density at radius 1 is 1.18 bits per heavy atom. The predicted molar refractivity (Wildman–Crippen MR) is 82.0 cm³/mol. The van der Waals surface area contributed by atoms with Crippen LogP contribution in [0.3, 0.4) is 0 Å². The molecule has 0 unspecified atom stereocenters. The maximum Gasteiger partial charge on any atom is 0.222 e. The van der Waals surface area contributed by atoms with Crippen molar-refractivity contribution in [1.82, 2.24) is 29.9 Å². The molecule has 3 heterocycles. The highest BCUT2D eigenvalue weighted by atomic mass is 15.4. The maximum atomic E-state index is 4.35. The quantitative estimate of drug-likeness (QED) is 0.897. The van der Waals surface area contributed by atoms with Crippen LogP contribution >= 0.6 is 0 Å². The first-order valence-corrected chi connectivity index (χ1v) is 8.03. The highest BCUT2D eigenvalue weighted by Gasteiger charge is 2.27. The van der Waals surface area contributed by atoms with Crippen LogP contribution in [0.15, 0.2) is 18.5 Å². The summed E-state index contributed by atoms with van der Waals surface area (Å²) in [6.45, 7) is 4.92. The normalized spacial score (nSPS) is 18.7. The van der Waals surface area contributed by atoms with E-state index in [1.807, 2.05) is 6.07 Å². The number of nitrogens with zero attached hydrogens (tertiary/aromatic N) is 6. The van der Waals surface area contributed by atoms with Gasteiger partial charge in [0, 0.05) is 38.6 Å². The number of fused-ring (bicyclic) bond motifs is 1. The van der Waals surface area contributed by atoms with Crippen molar-refractivity contribution in [1.29, 1.82) is 0 Å². The number of aryl methyl sites for hydroxylation is 1. The topological polar surface area (TPSA) is 71.8 Å². The van der Waals surface area contributed by atoms with Gasteiger partial charge in [0.15, 0.2) is 0 Å². The van der Waals surface area contributed by atoms with Crippen LogP contribution in [-0.4, -0.2) is 43.0 Å². The van der Waals surface area contributed by atoms with Crippen LogP contribution in [0.25, 0.3) is 0 Å². The first-order chi connectivity index (χ1) is 10.9. The van der Waals surface area contributed by atoms with E-state index in [9.17, 15) is 0 Å². The van der Waals surface area contributed by atoms with Gasteiger partial charge in [0.2, 0.25) is 5.95 Å². The van der Waals surface area contributed by atoms with Crippen molar-refractivity contribution in [2.24, 2.45) is 5.92 Å². The van der Waals surface area contributed by atoms with Crippen LogP contribution in [0.4, 0.5) is 5.95 Å². The number of nitrogens with one attached hydrogen (secondary N) is 1. The average Bonchev–Trinajstić information content (AvgIpc) is 3.32. The van der Waals surface area contributed by atoms with E-state index in [4.69, 9.17) is 0 Å². The Morgan fingerprint density at radius 3 is 2.86 bits per heavy atom. The standard InChI is InChI=1S/C15H21N7/c1-5-16-15(17-6-1)18-9-13-14-11-21(10-12-3-4-12)7-2-8-22(14)20-19-13/h1,5-6,12H,2-4,7-11H2,(H,16,17,18). The fraction of sp³-hybridized carbons (Fsp3) is 0.600. The summed E-state index contributed by atoms with van der Waals surface area (Å²) in [5.41, 5.74) is 2.25. The fourth-order valence-corrected chi connectivity index (χ4v) is 2.97. The van der Waals surface area contributed by atoms with Crippen molar-refractivity contribution in [2.45, 2.75) is 38.9 Å². The highest BCUT2D eigenvalue weighted by Crippen LogP contribution is 2.30. The molecule has 1 aliphatic carbocycles. The van der Waals surface area contributed by atoms with E-state index in [0.29, 0.717) is 12.5 Å². The molecule has 0 amide bonds. The molecule has 0 saturated heterocycles. The van der Waals surface area contributed by atoms with E-state index in [1.165, 1.54) is 25.1 Å². The minimum absolute atomic E-state index is 0.622. The van der Waals surface area contributed by atoms with Crippen molar-refractivity contribution < 1.29 is 0 Å². The predicted octanol–water partition coefficient (Wildman–Crippen LogP) is 1.30. The smallest absolute Gasteiger partial charge is 0.222 e. The summed E-state index contributed by atoms with van der Waals surface area (Å²) in [5.74, 6) is 1.55. The van der Waals surface area contributed by atoms with Gasteiger partial charge >= 0.3 is 0 Å². The van der Waals surface area contributed by atoms with Gasteiger partial charge in [-0.15, -0.1) is 5.10 Å². The van der Waals surface area contributed by atoms with Crippen molar-refractivity contribution >= 4 is 5.95 Å². The second kappa shape index (κ2) is 6.00. The van der Waals surface area contributed by atoms with Crippen molar-refractivity contribution in [3.05, 3.63) is 29.8 Å². The minimum atomic E-state index is 0.622. The van der Waals surface area contributed by atoms with Gasteiger partial charge in [0.25, 0.3) is 0 Å². The number of hydrogen-bond donors (Lipinski definition) is 1. The Hall–Kier alpha value is -2.02. The molecule has 1 fully saturated rings. The van der Waals surface area contributed by atoms with Crippen molar-refractivity contribution in [2.75, 3.05) is 18.4 Å². The Labute approximate surface area is 129 Å². The first-order valence-electron chi connectivity index (χ1n) is 8.03. The molecule has 7 heteroatoms. The summed E-state index contributed by atoms with van der Waals surface area (Å²) in [4.78, 5) is 10.9. The number of rotatable bonds is 5. The largest absolute Gasteiger partial charge is 0.348 e. The molecule has 0 spiro atoms. The second-order valence-corrected chi connectivity index (χ2v) is 6.16. The lowest BCUT2D eigenvalue weighted by Gasteiger charge is -2.19. The molecule has 2 aliphatic rings. The molecule has 2 aromatic rings. The third-order valence-electron chi connectivity index (χ3n) is 4.33. The van der Waals surface area contributed by atoms with Gasteiger partial charge in [-0.3, -0.25) is 4.90 Å². The molecular weight excluding hydrogens is 278 g/mol. The van der Waals surface area contributed by atoms with Crippen LogP contribution in [0.2, 0.25) is 0 Å². The van der Waals surface area contributed by atoms with E-state index >= 15 is 0 Å². The summed E-state index contributed by atoms with van der Waals surface area (Å²) in [7, 11) is 0. The summed E-state index contributed by atoms with van der Waals surface area (Å²) >= 11 is 0. The lowest BCUT2D eigenvalue weighted by atomic mass is 10.2. The monoisotopic (exact) mass is 299 g/mol. The van der Waals surface area contributed by atoms with E-state index in [0.717, 1.165) is 37.7 Å². The zero-order valence-electron chi connectivity index (χ0n) is 12.6. The molecule has 4 rings (SSSR count). The zero-order valence-corrected chi connectivity index (χ0v) is 12.6. The molecule has 1 saturated carbocycles. The first kappa shape index (κ1) is 13.6. The Kier molecular flexibility index (Phi) is 3.72. The van der Waals surface area contributed by atoms with Gasteiger partial charge in [-0.1, -0.05) is 5.21 Å². The van der Waals surface area contributed by atoms with Crippen LogP contribution in [-0.2, 0) is 19.6 Å². The average molecular weight is 299 g/mol. The Bertz CT molecular complexity index is 620. The van der Waals surface area contributed by atoms with E-state index in [1.54, 1.807) is 12.4 Å². The van der Waals surface area contributed by atoms with Crippen LogP contribution in [0, 0.1) is 5.92 Å². The summed E-state index contributed by atoms with van der Waals surface area (Å²) < 4.78 is 2.07. The molecule has 0 radical (unpaired) electrons. The minimum Gasteiger partial charge on any atom is -0.348 e. The molecule has 116 valence electrons. The number of aromatic nitrogens is 5. The second-order valence-electron chi connectivity index (χ2n) is 6.16. The van der Waals surface area contributed by atoms with Crippen molar-refractivity contribution in [3.8, 4) is 0 Å². The highest BCUT2D eigenvalue weighted by molar-refractivity contribution is 5.25. The van der Waals surface area contributed by atoms with E-state index < -0.39 is 0 Å². The van der Waals surface area contributed by atoms with Gasteiger partial charge in [0.1, 0.15) is 5.69 Å². The van der Waals surface area contributed by atoms with Gasteiger partial charge in [0.05, 0.1) is 12.2 Å². The van der Waals surface area contributed by atoms with Gasteiger partial charge in [-0.05, 0) is 31.2 Å². The third-order valence-corrected chi connectivity index (χ3v) is 4.33. The lowest BCUT2D eigenvalue weighted by molar-refractivity contribution is 0.258. The molecule has 1 N–H and O–H groups in total. The van der Waals surface area contributed by atoms with E-state index in [2.05, 4.69) is 35.2 Å². The van der Waals surface area contributed by atoms with Crippen LogP contribution in [0.1, 0.15) is 30.7 Å². The molecule has 1 aliphatic heterocycles. The SMILES string of the molecule is c1cnc(NCc2nnn3c2CN(CC2CC2)CCC3)nc1. The summed E-state index contributed by atoms with van der Waals surface area (Å²) in [6.07, 6.45) is 7.41. The van der Waals surface area contributed by atoms with Gasteiger partial charge in [-0.2, -0.15) is 0 Å². The third kappa shape index (κ3) is 3.09. The molecule has 0 aromatic carbocycles. The molecule has 0 atom stereocenters. The number of anilines is 1. The summed E-state index contributed by atoms with van der Waals surface area (Å²) in [6, 6.07) is 1.81. The molecular formula is C15H21N7. The van der Waals surface area contributed by atoms with Crippen LogP contribution < -0.4 is 5.32 Å². The van der Waals surface area contributed by atoms with Gasteiger partial charge in [-0.25, -0.2) is 14.6 Å². The Balaban J connectivity index is 1.46.